The summed E-state index contributed by atoms with van der Waals surface area (Å²) < 4.78 is 13.4. The second kappa shape index (κ2) is 14.3. The SMILES string of the molecule is O=C(N[C@@H](Cc1c[nH]c2ccccc12)C(=O)O)[C@@H](CCc1ccc(-c2ccccc2)cc1)CP(=O)(O)CCc1ccccc1. The van der Waals surface area contributed by atoms with Crippen molar-refractivity contribution in [3.63, 3.8) is 0 Å². The number of benzene rings is 4. The topological polar surface area (TPSA) is 119 Å². The fourth-order valence-electron chi connectivity index (χ4n) is 5.53. The Hall–Kier alpha value is -4.45. The van der Waals surface area contributed by atoms with E-state index in [4.69, 9.17) is 0 Å². The smallest absolute Gasteiger partial charge is 0.326 e. The summed E-state index contributed by atoms with van der Waals surface area (Å²) in [7, 11) is -3.71. The number of carbonyl (C=O) groups excluding carboxylic acids is 1. The van der Waals surface area contributed by atoms with Crippen molar-refractivity contribution in [2.24, 2.45) is 5.92 Å². The maximum Gasteiger partial charge on any atom is 0.326 e. The van der Waals surface area contributed by atoms with Gasteiger partial charge in [0.15, 0.2) is 0 Å². The average Bonchev–Trinajstić information content (AvgIpc) is 3.45. The zero-order chi connectivity index (χ0) is 30.9. The first-order valence-electron chi connectivity index (χ1n) is 14.8. The maximum absolute atomic E-state index is 13.6. The van der Waals surface area contributed by atoms with Gasteiger partial charge in [-0.3, -0.25) is 9.36 Å². The van der Waals surface area contributed by atoms with Crippen molar-refractivity contribution in [2.45, 2.75) is 31.7 Å². The molecule has 1 heterocycles. The first kappa shape index (κ1) is 31.0. The molecule has 226 valence electrons. The summed E-state index contributed by atoms with van der Waals surface area (Å²) >= 11 is 0. The molecule has 0 radical (unpaired) electrons. The highest BCUT2D eigenvalue weighted by Gasteiger charge is 2.31. The molecule has 0 saturated heterocycles. The molecule has 1 amide bonds. The minimum absolute atomic E-state index is 0.0459. The van der Waals surface area contributed by atoms with E-state index >= 15 is 0 Å². The Morgan fingerprint density at radius 2 is 1.39 bits per heavy atom. The molecule has 44 heavy (non-hydrogen) atoms. The first-order chi connectivity index (χ1) is 21.3. The number of carboxylic acid groups (broad SMARTS) is 1. The molecule has 1 aromatic heterocycles. The van der Waals surface area contributed by atoms with Crippen LogP contribution in [0.2, 0.25) is 0 Å². The highest BCUT2D eigenvalue weighted by atomic mass is 31.2. The van der Waals surface area contributed by atoms with Gasteiger partial charge in [0.25, 0.3) is 0 Å². The Labute approximate surface area is 257 Å². The van der Waals surface area contributed by atoms with E-state index in [9.17, 15) is 24.2 Å². The molecule has 4 N–H and O–H groups in total. The third kappa shape index (κ3) is 8.34. The molecule has 4 aromatic carbocycles. The van der Waals surface area contributed by atoms with Crippen molar-refractivity contribution < 1.29 is 24.2 Å². The highest BCUT2D eigenvalue weighted by molar-refractivity contribution is 7.58. The molecule has 1 unspecified atom stereocenters. The predicted octanol–water partition coefficient (Wildman–Crippen LogP) is 6.71. The predicted molar refractivity (Wildman–Crippen MR) is 175 cm³/mol. The zero-order valence-electron chi connectivity index (χ0n) is 24.4. The van der Waals surface area contributed by atoms with Crippen molar-refractivity contribution >= 4 is 30.1 Å². The van der Waals surface area contributed by atoms with E-state index in [1.165, 1.54) is 0 Å². The van der Waals surface area contributed by atoms with E-state index in [0.717, 1.165) is 38.7 Å². The van der Waals surface area contributed by atoms with Gasteiger partial charge in [-0.2, -0.15) is 0 Å². The lowest BCUT2D eigenvalue weighted by molar-refractivity contribution is -0.142. The molecule has 0 saturated carbocycles. The summed E-state index contributed by atoms with van der Waals surface area (Å²) in [6.07, 6.45) is 2.91. The van der Waals surface area contributed by atoms with Crippen LogP contribution in [0.5, 0.6) is 0 Å². The quantitative estimate of drug-likeness (QED) is 0.105. The van der Waals surface area contributed by atoms with Crippen molar-refractivity contribution in [1.82, 2.24) is 10.3 Å². The van der Waals surface area contributed by atoms with Crippen molar-refractivity contribution in [3.8, 4) is 11.1 Å². The number of H-pyrrole nitrogens is 1. The number of hydrogen-bond acceptors (Lipinski definition) is 3. The summed E-state index contributed by atoms with van der Waals surface area (Å²) in [6.45, 7) is 0. The Morgan fingerprint density at radius 3 is 2.09 bits per heavy atom. The number of nitrogens with one attached hydrogen (secondary N) is 2. The summed E-state index contributed by atoms with van der Waals surface area (Å²) in [5.74, 6) is -2.51. The van der Waals surface area contributed by atoms with E-state index in [-0.39, 0.29) is 18.7 Å². The maximum atomic E-state index is 13.6. The van der Waals surface area contributed by atoms with Gasteiger partial charge in [-0.15, -0.1) is 0 Å². The minimum Gasteiger partial charge on any atom is -0.480 e. The van der Waals surface area contributed by atoms with Crippen molar-refractivity contribution in [2.75, 3.05) is 12.3 Å². The number of aliphatic carboxylic acids is 1. The normalized spacial score (nSPS) is 14.0. The van der Waals surface area contributed by atoms with Gasteiger partial charge in [-0.25, -0.2) is 4.79 Å². The van der Waals surface area contributed by atoms with Gasteiger partial charge in [0, 0.05) is 41.8 Å². The number of rotatable bonds is 14. The molecule has 5 aromatic rings. The van der Waals surface area contributed by atoms with Crippen LogP contribution >= 0.6 is 7.37 Å². The number of carbonyl (C=O) groups is 2. The van der Waals surface area contributed by atoms with Crippen molar-refractivity contribution in [1.29, 1.82) is 0 Å². The van der Waals surface area contributed by atoms with Crippen LogP contribution in [0.4, 0.5) is 0 Å². The number of fused-ring (bicyclic) bond motifs is 1. The van der Waals surface area contributed by atoms with Crippen LogP contribution in [0, 0.1) is 5.92 Å². The van der Waals surface area contributed by atoms with E-state index < -0.39 is 31.2 Å². The van der Waals surface area contributed by atoms with Gasteiger partial charge in [-0.05, 0) is 53.1 Å². The highest BCUT2D eigenvalue weighted by Crippen LogP contribution is 2.44. The zero-order valence-corrected chi connectivity index (χ0v) is 25.3. The number of aryl methyl sites for hydroxylation is 2. The van der Waals surface area contributed by atoms with Crippen LogP contribution in [-0.2, 0) is 33.4 Å². The van der Waals surface area contributed by atoms with Gasteiger partial charge in [0.2, 0.25) is 13.3 Å². The van der Waals surface area contributed by atoms with E-state index in [2.05, 4.69) is 10.3 Å². The summed E-state index contributed by atoms with van der Waals surface area (Å²) in [5.41, 5.74) is 5.78. The lowest BCUT2D eigenvalue weighted by Gasteiger charge is -2.23. The molecular formula is C36H37N2O5P. The molecule has 0 fully saturated rings. The largest absolute Gasteiger partial charge is 0.480 e. The number of amides is 1. The minimum atomic E-state index is -3.71. The van der Waals surface area contributed by atoms with Crippen LogP contribution in [-0.4, -0.2) is 45.2 Å². The van der Waals surface area contributed by atoms with Gasteiger partial charge in [0.1, 0.15) is 6.04 Å². The molecule has 7 nitrogen and oxygen atoms in total. The first-order valence-corrected chi connectivity index (χ1v) is 16.9. The monoisotopic (exact) mass is 608 g/mol. The molecule has 0 aliphatic heterocycles. The average molecular weight is 609 g/mol. The Morgan fingerprint density at radius 1 is 0.773 bits per heavy atom. The molecular weight excluding hydrogens is 571 g/mol. The number of aromatic nitrogens is 1. The molecule has 3 atom stereocenters. The molecule has 0 bridgehead atoms. The van der Waals surface area contributed by atoms with E-state index in [1.54, 1.807) is 6.20 Å². The summed E-state index contributed by atoms with van der Waals surface area (Å²) in [4.78, 5) is 40.0. The standard InChI is InChI=1S/C36H37N2O5P/c39-35(38-34(36(40)41)23-31-24-37-33-14-8-7-13-32(31)33)30(25-44(42,43)22-21-26-9-3-1-4-10-26)20-17-27-15-18-29(19-16-27)28-11-5-2-6-12-28/h1-16,18-19,24,30,34,37H,17,20-23,25H2,(H,38,39)(H,40,41)(H,42,43)/t30-,34-/m0/s1. The van der Waals surface area contributed by atoms with Crippen molar-refractivity contribution in [3.05, 3.63) is 132 Å². The third-order valence-corrected chi connectivity index (χ3v) is 9.96. The molecule has 5 rings (SSSR count). The molecule has 0 aliphatic carbocycles. The second-order valence-electron chi connectivity index (χ2n) is 11.2. The number of carboxylic acids is 1. The van der Waals surface area contributed by atoms with Crippen LogP contribution in [0.15, 0.2) is 115 Å². The number of aromatic amines is 1. The van der Waals surface area contributed by atoms with E-state index in [0.29, 0.717) is 19.3 Å². The third-order valence-electron chi connectivity index (χ3n) is 8.03. The van der Waals surface area contributed by atoms with Gasteiger partial charge in [0.05, 0.1) is 0 Å². The van der Waals surface area contributed by atoms with Crippen LogP contribution in [0.1, 0.15) is 23.1 Å². The molecule has 0 aliphatic rings. The van der Waals surface area contributed by atoms with Crippen LogP contribution in [0.3, 0.4) is 0 Å². The fraction of sp³-hybridized carbons (Fsp3) is 0.222. The Kier molecular flexibility index (Phi) is 10.1. The number of para-hydroxylation sites is 1. The van der Waals surface area contributed by atoms with Gasteiger partial charge >= 0.3 is 5.97 Å². The summed E-state index contributed by atoms with van der Waals surface area (Å²) in [5, 5.41) is 13.6. The molecule has 0 spiro atoms. The number of hydrogen-bond donors (Lipinski definition) is 4. The molecule has 8 heteroatoms. The Bertz CT molecular complexity index is 1740. The lowest BCUT2D eigenvalue weighted by Crippen LogP contribution is -2.45. The summed E-state index contributed by atoms with van der Waals surface area (Å²) in [6, 6.07) is 34.0. The lowest BCUT2D eigenvalue weighted by atomic mass is 9.97. The second-order valence-corrected chi connectivity index (χ2v) is 13.8. The Balaban J connectivity index is 1.30. The van der Waals surface area contributed by atoms with E-state index in [1.807, 2.05) is 109 Å². The van der Waals surface area contributed by atoms with Gasteiger partial charge in [-0.1, -0.05) is 103 Å². The fourth-order valence-corrected chi connectivity index (χ4v) is 7.36. The van der Waals surface area contributed by atoms with Crippen LogP contribution in [0.25, 0.3) is 22.0 Å². The van der Waals surface area contributed by atoms with Crippen LogP contribution < -0.4 is 5.32 Å². The van der Waals surface area contributed by atoms with Gasteiger partial charge < -0.3 is 20.3 Å².